The maximum atomic E-state index is 11.6. The van der Waals surface area contributed by atoms with Gasteiger partial charge >= 0.3 is 5.97 Å². The molecule has 0 saturated carbocycles. The van der Waals surface area contributed by atoms with E-state index in [1.54, 1.807) is 6.92 Å². The van der Waals surface area contributed by atoms with Gasteiger partial charge in [0, 0.05) is 6.42 Å². The summed E-state index contributed by atoms with van der Waals surface area (Å²) in [7, 11) is 1.30. The average molecular weight is 221 g/mol. The van der Waals surface area contributed by atoms with Crippen molar-refractivity contribution in [1.82, 2.24) is 5.32 Å². The Hall–Kier alpha value is -1.84. The molecular weight excluding hydrogens is 206 g/mol. The lowest BCUT2D eigenvalue weighted by atomic mass is 9.93. The molecule has 0 spiro atoms. The number of amides is 1. The van der Waals surface area contributed by atoms with Crippen molar-refractivity contribution in [3.8, 4) is 0 Å². The Morgan fingerprint density at radius 1 is 1.44 bits per heavy atom. The van der Waals surface area contributed by atoms with Crippen LogP contribution in [0.25, 0.3) is 0 Å². The Balaban J connectivity index is 2.87. The van der Waals surface area contributed by atoms with Gasteiger partial charge in [-0.3, -0.25) is 4.79 Å². The van der Waals surface area contributed by atoms with E-state index >= 15 is 0 Å². The van der Waals surface area contributed by atoms with Crippen LogP contribution in [0.1, 0.15) is 12.5 Å². The third-order valence-corrected chi connectivity index (χ3v) is 2.41. The van der Waals surface area contributed by atoms with E-state index in [0.717, 1.165) is 5.56 Å². The molecule has 1 N–H and O–H groups in total. The highest BCUT2D eigenvalue weighted by atomic mass is 16.5. The maximum Gasteiger partial charge on any atom is 0.331 e. The molecule has 0 aliphatic rings. The van der Waals surface area contributed by atoms with E-state index in [1.165, 1.54) is 7.11 Å². The van der Waals surface area contributed by atoms with E-state index in [-0.39, 0.29) is 0 Å². The lowest BCUT2D eigenvalue weighted by Gasteiger charge is -2.25. The van der Waals surface area contributed by atoms with Crippen LogP contribution >= 0.6 is 0 Å². The summed E-state index contributed by atoms with van der Waals surface area (Å²) in [5.41, 5.74) is -0.0533. The number of hydrogen-bond acceptors (Lipinski definition) is 3. The van der Waals surface area contributed by atoms with Gasteiger partial charge in [-0.25, -0.2) is 4.79 Å². The molecule has 4 nitrogen and oxygen atoms in total. The molecule has 0 saturated heterocycles. The third kappa shape index (κ3) is 2.82. The van der Waals surface area contributed by atoms with Gasteiger partial charge in [0.15, 0.2) is 0 Å². The Labute approximate surface area is 94.6 Å². The highest BCUT2D eigenvalue weighted by Crippen LogP contribution is 2.14. The van der Waals surface area contributed by atoms with E-state index in [4.69, 9.17) is 0 Å². The molecule has 86 valence electrons. The van der Waals surface area contributed by atoms with Crippen molar-refractivity contribution in [3.63, 3.8) is 0 Å². The molecule has 0 aliphatic carbocycles. The normalized spacial score (nSPS) is 13.6. The molecule has 16 heavy (non-hydrogen) atoms. The van der Waals surface area contributed by atoms with Crippen LogP contribution in [-0.4, -0.2) is 25.0 Å². The quantitative estimate of drug-likeness (QED) is 0.594. The monoisotopic (exact) mass is 221 g/mol. The lowest BCUT2D eigenvalue weighted by Crippen LogP contribution is -2.51. The largest absolute Gasteiger partial charge is 0.467 e. The van der Waals surface area contributed by atoms with E-state index in [1.807, 2.05) is 30.3 Å². The maximum absolute atomic E-state index is 11.6. The number of rotatable bonds is 5. The Kier molecular flexibility index (Phi) is 4.05. The van der Waals surface area contributed by atoms with Crippen LogP contribution in [0.2, 0.25) is 0 Å². The topological polar surface area (TPSA) is 55.4 Å². The summed E-state index contributed by atoms with van der Waals surface area (Å²) in [6, 6.07) is 9.45. The van der Waals surface area contributed by atoms with Crippen molar-refractivity contribution in [3.05, 3.63) is 35.9 Å². The average Bonchev–Trinajstić information content (AvgIpc) is 2.29. The van der Waals surface area contributed by atoms with Gasteiger partial charge in [-0.15, -0.1) is 0 Å². The van der Waals surface area contributed by atoms with E-state index in [2.05, 4.69) is 10.1 Å². The predicted molar refractivity (Wildman–Crippen MR) is 59.8 cm³/mol. The number of benzene rings is 1. The number of carbonyl (C=O) groups excluding carboxylic acids is 2. The fraction of sp³-hybridized carbons (Fsp3) is 0.333. The van der Waals surface area contributed by atoms with Crippen LogP contribution in [0.5, 0.6) is 0 Å². The SMILES string of the molecule is COC(=O)[C@@](C)(Cc1ccccc1)NC=O. The van der Waals surface area contributed by atoms with Gasteiger partial charge in [-0.05, 0) is 12.5 Å². The van der Waals surface area contributed by atoms with Gasteiger partial charge in [0.05, 0.1) is 7.11 Å². The third-order valence-electron chi connectivity index (χ3n) is 2.41. The number of nitrogens with one attached hydrogen (secondary N) is 1. The van der Waals surface area contributed by atoms with Gasteiger partial charge in [-0.2, -0.15) is 0 Å². The minimum Gasteiger partial charge on any atom is -0.467 e. The van der Waals surface area contributed by atoms with Crippen molar-refractivity contribution in [1.29, 1.82) is 0 Å². The second-order valence-corrected chi connectivity index (χ2v) is 3.75. The van der Waals surface area contributed by atoms with Crippen molar-refractivity contribution >= 4 is 12.4 Å². The molecule has 0 aromatic heterocycles. The summed E-state index contributed by atoms with van der Waals surface area (Å²) in [4.78, 5) is 22.1. The minimum absolute atomic E-state index is 0.402. The first-order chi connectivity index (χ1) is 7.62. The number of carbonyl (C=O) groups is 2. The zero-order valence-electron chi connectivity index (χ0n) is 9.40. The van der Waals surface area contributed by atoms with Crippen molar-refractivity contribution in [2.45, 2.75) is 18.9 Å². The van der Waals surface area contributed by atoms with Crippen LogP contribution in [-0.2, 0) is 20.7 Å². The Morgan fingerprint density at radius 2 is 2.06 bits per heavy atom. The highest BCUT2D eigenvalue weighted by molar-refractivity contribution is 5.83. The zero-order valence-corrected chi connectivity index (χ0v) is 9.40. The standard InChI is InChI=1S/C12H15NO3/c1-12(13-9-14,11(15)16-2)8-10-6-4-3-5-7-10/h3-7,9H,8H2,1-2H3,(H,13,14)/t12-/m1/s1. The molecule has 0 aliphatic heterocycles. The predicted octanol–water partition coefficient (Wildman–Crippen LogP) is 0.907. The summed E-state index contributed by atoms with van der Waals surface area (Å²) >= 11 is 0. The van der Waals surface area contributed by atoms with E-state index in [0.29, 0.717) is 12.8 Å². The van der Waals surface area contributed by atoms with Crippen LogP contribution in [0.3, 0.4) is 0 Å². The fourth-order valence-electron chi connectivity index (χ4n) is 1.54. The molecule has 0 fully saturated rings. The van der Waals surface area contributed by atoms with Gasteiger partial charge in [0.25, 0.3) is 0 Å². The van der Waals surface area contributed by atoms with Crippen LogP contribution in [0.4, 0.5) is 0 Å². The first kappa shape index (κ1) is 12.2. The van der Waals surface area contributed by atoms with Crippen LogP contribution in [0, 0.1) is 0 Å². The van der Waals surface area contributed by atoms with Crippen molar-refractivity contribution in [2.75, 3.05) is 7.11 Å². The molecule has 1 rings (SSSR count). The van der Waals surface area contributed by atoms with E-state index < -0.39 is 11.5 Å². The first-order valence-electron chi connectivity index (χ1n) is 4.96. The fourth-order valence-corrected chi connectivity index (χ4v) is 1.54. The first-order valence-corrected chi connectivity index (χ1v) is 4.96. The van der Waals surface area contributed by atoms with Crippen molar-refractivity contribution in [2.24, 2.45) is 0 Å². The van der Waals surface area contributed by atoms with E-state index in [9.17, 15) is 9.59 Å². The van der Waals surface area contributed by atoms with Gasteiger partial charge < -0.3 is 10.1 Å². The highest BCUT2D eigenvalue weighted by Gasteiger charge is 2.33. The van der Waals surface area contributed by atoms with Crippen molar-refractivity contribution < 1.29 is 14.3 Å². The molecule has 1 amide bonds. The minimum atomic E-state index is -1.02. The molecule has 0 radical (unpaired) electrons. The zero-order chi connectivity index (χ0) is 12.0. The second kappa shape index (κ2) is 5.30. The summed E-state index contributed by atoms with van der Waals surface area (Å²) < 4.78 is 4.68. The summed E-state index contributed by atoms with van der Waals surface area (Å²) in [5.74, 6) is -0.455. The van der Waals surface area contributed by atoms with Gasteiger partial charge in [-0.1, -0.05) is 30.3 Å². The van der Waals surface area contributed by atoms with Crippen LogP contribution in [0.15, 0.2) is 30.3 Å². The molecule has 0 bridgehead atoms. The van der Waals surface area contributed by atoms with Gasteiger partial charge in [0.2, 0.25) is 6.41 Å². The number of esters is 1. The number of ether oxygens (including phenoxy) is 1. The molecule has 1 atom stereocenters. The smallest absolute Gasteiger partial charge is 0.331 e. The molecule has 0 heterocycles. The van der Waals surface area contributed by atoms with Crippen LogP contribution < -0.4 is 5.32 Å². The molecule has 1 aromatic rings. The summed E-state index contributed by atoms with van der Waals surface area (Å²) in [5, 5.41) is 2.50. The summed E-state index contributed by atoms with van der Waals surface area (Å²) in [6.45, 7) is 1.64. The summed E-state index contributed by atoms with van der Waals surface area (Å²) in [6.07, 6.45) is 0.916. The second-order valence-electron chi connectivity index (χ2n) is 3.75. The Bertz CT molecular complexity index is 364. The number of hydrogen-bond donors (Lipinski definition) is 1. The van der Waals surface area contributed by atoms with Gasteiger partial charge in [0.1, 0.15) is 5.54 Å². The molecule has 0 unspecified atom stereocenters. The Morgan fingerprint density at radius 3 is 2.56 bits per heavy atom. The number of methoxy groups -OCH3 is 1. The molecular formula is C12H15NO3. The molecule has 4 heteroatoms. The molecule has 1 aromatic carbocycles. The lowest BCUT2D eigenvalue weighted by molar-refractivity contribution is -0.148.